The lowest BCUT2D eigenvalue weighted by atomic mass is 10.2. The highest BCUT2D eigenvalue weighted by Gasteiger charge is 2.28. The molecule has 2 heterocycles. The van der Waals surface area contributed by atoms with Crippen LogP contribution in [0.25, 0.3) is 0 Å². The molecular weight excluding hydrogens is 354 g/mol. The molecule has 0 saturated carbocycles. The molecule has 1 atom stereocenters. The Morgan fingerprint density at radius 2 is 2.04 bits per heavy atom. The van der Waals surface area contributed by atoms with Crippen LogP contribution < -0.4 is 15.5 Å². The van der Waals surface area contributed by atoms with Gasteiger partial charge in [-0.1, -0.05) is 32.0 Å². The van der Waals surface area contributed by atoms with Crippen molar-refractivity contribution in [2.75, 3.05) is 37.6 Å². The fourth-order valence-electron chi connectivity index (χ4n) is 3.79. The molecule has 2 amide bonds. The van der Waals surface area contributed by atoms with Crippen molar-refractivity contribution >= 4 is 23.5 Å². The molecule has 2 aliphatic heterocycles. The summed E-state index contributed by atoms with van der Waals surface area (Å²) >= 11 is 0. The first-order valence-corrected chi connectivity index (χ1v) is 10.2. The number of carbonyl (C=O) groups is 2. The molecule has 1 saturated heterocycles. The molecule has 0 radical (unpaired) electrons. The molecule has 7 nitrogen and oxygen atoms in total. The molecule has 1 aromatic carbocycles. The van der Waals surface area contributed by atoms with Crippen LogP contribution in [0.3, 0.4) is 0 Å². The monoisotopic (exact) mass is 385 g/mol. The molecule has 1 fully saturated rings. The number of benzene rings is 1. The second kappa shape index (κ2) is 9.08. The van der Waals surface area contributed by atoms with Crippen LogP contribution in [0.15, 0.2) is 29.3 Å². The Morgan fingerprint density at radius 1 is 1.25 bits per heavy atom. The number of fused-ring (bicyclic) bond motifs is 1. The van der Waals surface area contributed by atoms with Gasteiger partial charge >= 0.3 is 0 Å². The standard InChI is InChI=1S/C21H31N5O2/c1-4-22-21(24-17-10-11-25(14-17)20(28)15(2)3)23-13-19(27)26-12-9-16-7-5-6-8-18(16)26/h5-8,15,17H,4,9-14H2,1-3H3,(H2,22,23,24). The predicted molar refractivity (Wildman–Crippen MR) is 111 cm³/mol. The van der Waals surface area contributed by atoms with Gasteiger partial charge < -0.3 is 20.4 Å². The number of nitrogens with zero attached hydrogens (tertiary/aromatic N) is 3. The molecule has 0 spiro atoms. The van der Waals surface area contributed by atoms with E-state index in [1.54, 1.807) is 0 Å². The number of guanidine groups is 1. The first-order chi connectivity index (χ1) is 13.5. The number of amides is 2. The summed E-state index contributed by atoms with van der Waals surface area (Å²) in [5.74, 6) is 0.841. The lowest BCUT2D eigenvalue weighted by molar-refractivity contribution is -0.133. The quantitative estimate of drug-likeness (QED) is 0.593. The first kappa shape index (κ1) is 20.2. The van der Waals surface area contributed by atoms with Gasteiger partial charge in [0.2, 0.25) is 11.8 Å². The number of anilines is 1. The molecule has 152 valence electrons. The van der Waals surface area contributed by atoms with Crippen molar-refractivity contribution in [3.8, 4) is 0 Å². The Hall–Kier alpha value is -2.57. The van der Waals surface area contributed by atoms with Crippen molar-refractivity contribution in [2.24, 2.45) is 10.9 Å². The number of para-hydroxylation sites is 1. The molecule has 2 aliphatic rings. The van der Waals surface area contributed by atoms with Crippen LogP contribution in [0.4, 0.5) is 5.69 Å². The Morgan fingerprint density at radius 3 is 2.79 bits per heavy atom. The Balaban J connectivity index is 1.58. The van der Waals surface area contributed by atoms with E-state index in [9.17, 15) is 9.59 Å². The summed E-state index contributed by atoms with van der Waals surface area (Å²) in [5, 5.41) is 6.59. The Labute approximate surface area is 167 Å². The minimum atomic E-state index is 0.00480. The maximum atomic E-state index is 12.7. The topological polar surface area (TPSA) is 77.0 Å². The number of likely N-dealkylation sites (tertiary alicyclic amines) is 1. The van der Waals surface area contributed by atoms with Crippen molar-refractivity contribution in [3.63, 3.8) is 0 Å². The van der Waals surface area contributed by atoms with Crippen LogP contribution in [0.2, 0.25) is 0 Å². The van der Waals surface area contributed by atoms with E-state index in [1.807, 2.05) is 48.8 Å². The van der Waals surface area contributed by atoms with Crippen molar-refractivity contribution in [3.05, 3.63) is 29.8 Å². The molecule has 1 unspecified atom stereocenters. The zero-order valence-corrected chi connectivity index (χ0v) is 17.1. The van der Waals surface area contributed by atoms with Gasteiger partial charge in [0.25, 0.3) is 0 Å². The van der Waals surface area contributed by atoms with Gasteiger partial charge in [0.1, 0.15) is 6.54 Å². The molecule has 3 rings (SSSR count). The zero-order valence-electron chi connectivity index (χ0n) is 17.1. The van der Waals surface area contributed by atoms with Crippen molar-refractivity contribution in [1.82, 2.24) is 15.5 Å². The number of hydrogen-bond donors (Lipinski definition) is 2. The molecule has 28 heavy (non-hydrogen) atoms. The smallest absolute Gasteiger partial charge is 0.248 e. The van der Waals surface area contributed by atoms with E-state index in [-0.39, 0.29) is 30.3 Å². The predicted octanol–water partition coefficient (Wildman–Crippen LogP) is 1.39. The van der Waals surface area contributed by atoms with Crippen LogP contribution in [0.1, 0.15) is 32.8 Å². The van der Waals surface area contributed by atoms with E-state index >= 15 is 0 Å². The van der Waals surface area contributed by atoms with Gasteiger partial charge in [0.05, 0.1) is 0 Å². The highest BCUT2D eigenvalue weighted by Crippen LogP contribution is 2.27. The van der Waals surface area contributed by atoms with E-state index in [2.05, 4.69) is 21.7 Å². The van der Waals surface area contributed by atoms with Gasteiger partial charge in [-0.05, 0) is 31.4 Å². The number of carbonyl (C=O) groups excluding carboxylic acids is 2. The SMILES string of the molecule is CCNC(=NCC(=O)N1CCc2ccccc21)NC1CCN(C(=O)C(C)C)C1. The number of rotatable bonds is 5. The summed E-state index contributed by atoms with van der Waals surface area (Å²) in [5.41, 5.74) is 2.21. The largest absolute Gasteiger partial charge is 0.357 e. The van der Waals surface area contributed by atoms with Gasteiger partial charge in [-0.25, -0.2) is 4.99 Å². The van der Waals surface area contributed by atoms with Crippen molar-refractivity contribution in [2.45, 2.75) is 39.7 Å². The third-order valence-corrected chi connectivity index (χ3v) is 5.24. The average molecular weight is 386 g/mol. The summed E-state index contributed by atoms with van der Waals surface area (Å²) in [7, 11) is 0. The fourth-order valence-corrected chi connectivity index (χ4v) is 3.79. The van der Waals surface area contributed by atoms with Gasteiger partial charge in [0, 0.05) is 43.8 Å². The third kappa shape index (κ3) is 4.64. The summed E-state index contributed by atoms with van der Waals surface area (Å²) in [6.45, 7) is 8.82. The Bertz CT molecular complexity index is 746. The third-order valence-electron chi connectivity index (χ3n) is 5.24. The van der Waals surface area contributed by atoms with Crippen molar-refractivity contribution < 1.29 is 9.59 Å². The second-order valence-corrected chi connectivity index (χ2v) is 7.69. The Kier molecular flexibility index (Phi) is 6.54. The lowest BCUT2D eigenvalue weighted by Crippen LogP contribution is -2.46. The van der Waals surface area contributed by atoms with Crippen LogP contribution in [0.5, 0.6) is 0 Å². The molecule has 0 aromatic heterocycles. The molecule has 7 heteroatoms. The lowest BCUT2D eigenvalue weighted by Gasteiger charge is -2.21. The van der Waals surface area contributed by atoms with E-state index in [4.69, 9.17) is 0 Å². The number of nitrogens with one attached hydrogen (secondary N) is 2. The number of aliphatic imine (C=N–C) groups is 1. The fraction of sp³-hybridized carbons (Fsp3) is 0.571. The van der Waals surface area contributed by atoms with Crippen LogP contribution >= 0.6 is 0 Å². The van der Waals surface area contributed by atoms with E-state index in [0.29, 0.717) is 25.6 Å². The molecule has 0 aliphatic carbocycles. The van der Waals surface area contributed by atoms with Crippen LogP contribution in [0, 0.1) is 5.92 Å². The second-order valence-electron chi connectivity index (χ2n) is 7.69. The normalized spacial score (nSPS) is 19.1. The van der Waals surface area contributed by atoms with Gasteiger partial charge in [-0.15, -0.1) is 0 Å². The highest BCUT2D eigenvalue weighted by molar-refractivity contribution is 5.98. The van der Waals surface area contributed by atoms with Gasteiger partial charge in [-0.3, -0.25) is 9.59 Å². The highest BCUT2D eigenvalue weighted by atomic mass is 16.2. The summed E-state index contributed by atoms with van der Waals surface area (Å²) < 4.78 is 0. The molecule has 2 N–H and O–H groups in total. The van der Waals surface area contributed by atoms with Gasteiger partial charge in [0.15, 0.2) is 5.96 Å². The maximum absolute atomic E-state index is 12.7. The molecular formula is C21H31N5O2. The average Bonchev–Trinajstić information content (AvgIpc) is 3.32. The van der Waals surface area contributed by atoms with E-state index in [0.717, 1.165) is 25.1 Å². The zero-order chi connectivity index (χ0) is 20.1. The minimum Gasteiger partial charge on any atom is -0.357 e. The molecule has 1 aromatic rings. The summed E-state index contributed by atoms with van der Waals surface area (Å²) in [6.07, 6.45) is 1.78. The summed E-state index contributed by atoms with van der Waals surface area (Å²) in [4.78, 5) is 33.1. The van der Waals surface area contributed by atoms with Crippen LogP contribution in [-0.4, -0.2) is 61.4 Å². The van der Waals surface area contributed by atoms with Gasteiger partial charge in [-0.2, -0.15) is 0 Å². The van der Waals surface area contributed by atoms with E-state index < -0.39 is 0 Å². The van der Waals surface area contributed by atoms with Crippen molar-refractivity contribution in [1.29, 1.82) is 0 Å². The number of hydrogen-bond acceptors (Lipinski definition) is 3. The van der Waals surface area contributed by atoms with Crippen LogP contribution in [-0.2, 0) is 16.0 Å². The summed E-state index contributed by atoms with van der Waals surface area (Å²) in [6, 6.07) is 8.19. The van der Waals surface area contributed by atoms with E-state index in [1.165, 1.54) is 5.56 Å². The minimum absolute atomic E-state index is 0.00480. The molecule has 0 bridgehead atoms. The maximum Gasteiger partial charge on any atom is 0.248 e. The first-order valence-electron chi connectivity index (χ1n) is 10.2.